The molecule has 0 unspecified atom stereocenters. The molecule has 2 amide bonds. The van der Waals surface area contributed by atoms with Gasteiger partial charge in [0.1, 0.15) is 5.60 Å². The fraction of sp³-hybridized carbons (Fsp3) is 0.667. The summed E-state index contributed by atoms with van der Waals surface area (Å²) in [4.78, 5) is 25.4. The van der Waals surface area contributed by atoms with E-state index in [9.17, 15) is 14.0 Å². The number of H-pyrrole nitrogens is 1. The molecule has 1 aliphatic heterocycles. The van der Waals surface area contributed by atoms with E-state index >= 15 is 0 Å². The highest BCUT2D eigenvalue weighted by Crippen LogP contribution is 2.19. The third-order valence-corrected chi connectivity index (χ3v) is 3.64. The van der Waals surface area contributed by atoms with Crippen molar-refractivity contribution in [3.63, 3.8) is 0 Å². The lowest BCUT2D eigenvalue weighted by Crippen LogP contribution is -2.43. The van der Waals surface area contributed by atoms with Crippen molar-refractivity contribution in [3.8, 4) is 0 Å². The van der Waals surface area contributed by atoms with Gasteiger partial charge in [-0.2, -0.15) is 5.10 Å². The maximum atomic E-state index is 13.2. The summed E-state index contributed by atoms with van der Waals surface area (Å²) >= 11 is 0. The van der Waals surface area contributed by atoms with Crippen LogP contribution in [0.25, 0.3) is 0 Å². The van der Waals surface area contributed by atoms with Crippen LogP contribution in [-0.4, -0.2) is 52.3 Å². The summed E-state index contributed by atoms with van der Waals surface area (Å²) in [6, 6.07) is 0. The van der Waals surface area contributed by atoms with E-state index in [-0.39, 0.29) is 17.7 Å². The van der Waals surface area contributed by atoms with Gasteiger partial charge >= 0.3 is 6.09 Å². The molecular formula is C15H23FN4O3. The Morgan fingerprint density at radius 1 is 1.43 bits per heavy atom. The lowest BCUT2D eigenvalue weighted by atomic mass is 9.97. The molecule has 7 nitrogen and oxygen atoms in total. The number of halogens is 1. The number of carbonyl (C=O) groups is 2. The van der Waals surface area contributed by atoms with Crippen LogP contribution < -0.4 is 5.32 Å². The number of amides is 2. The van der Waals surface area contributed by atoms with Crippen molar-refractivity contribution in [2.45, 2.75) is 39.2 Å². The van der Waals surface area contributed by atoms with Crippen LogP contribution in [0.5, 0.6) is 0 Å². The van der Waals surface area contributed by atoms with E-state index in [0.29, 0.717) is 19.6 Å². The Hall–Kier alpha value is -2.12. The van der Waals surface area contributed by atoms with Crippen molar-refractivity contribution >= 4 is 12.0 Å². The monoisotopic (exact) mass is 326 g/mol. The number of carbonyl (C=O) groups excluding carboxylic acids is 2. The van der Waals surface area contributed by atoms with E-state index in [1.165, 1.54) is 0 Å². The maximum Gasteiger partial charge on any atom is 0.410 e. The molecule has 23 heavy (non-hydrogen) atoms. The van der Waals surface area contributed by atoms with Gasteiger partial charge in [-0.25, -0.2) is 9.18 Å². The molecule has 0 saturated carbocycles. The van der Waals surface area contributed by atoms with Crippen LogP contribution in [0.2, 0.25) is 0 Å². The van der Waals surface area contributed by atoms with E-state index in [2.05, 4.69) is 15.5 Å². The summed E-state index contributed by atoms with van der Waals surface area (Å²) in [5.74, 6) is -0.916. The van der Waals surface area contributed by atoms with E-state index < -0.39 is 17.3 Å². The molecule has 0 aliphatic carbocycles. The molecule has 1 aliphatic rings. The topological polar surface area (TPSA) is 87.3 Å². The van der Waals surface area contributed by atoms with E-state index in [0.717, 1.165) is 19.0 Å². The summed E-state index contributed by atoms with van der Waals surface area (Å²) in [5, 5.41) is 8.50. The quantitative estimate of drug-likeness (QED) is 0.888. The number of hydrogen-bond acceptors (Lipinski definition) is 4. The van der Waals surface area contributed by atoms with Crippen LogP contribution in [0.15, 0.2) is 6.20 Å². The summed E-state index contributed by atoms with van der Waals surface area (Å²) in [6.07, 6.45) is 2.20. The fourth-order valence-corrected chi connectivity index (χ4v) is 2.40. The number of nitrogens with one attached hydrogen (secondary N) is 2. The van der Waals surface area contributed by atoms with Gasteiger partial charge in [-0.1, -0.05) is 0 Å². The van der Waals surface area contributed by atoms with Gasteiger partial charge in [-0.15, -0.1) is 0 Å². The Kier molecular flexibility index (Phi) is 5.23. The Morgan fingerprint density at radius 3 is 2.61 bits per heavy atom. The SMILES string of the molecule is CC(C)(C)OC(=O)N1CCC(CNC(=O)c2[nH]ncc2F)CC1. The largest absolute Gasteiger partial charge is 0.444 e. The highest BCUT2D eigenvalue weighted by molar-refractivity contribution is 5.92. The average Bonchev–Trinajstić information content (AvgIpc) is 2.90. The molecule has 1 saturated heterocycles. The molecule has 1 aromatic rings. The number of likely N-dealkylation sites (tertiary alicyclic amines) is 1. The highest BCUT2D eigenvalue weighted by Gasteiger charge is 2.27. The predicted molar refractivity (Wildman–Crippen MR) is 81.4 cm³/mol. The Bertz CT molecular complexity index is 559. The second kappa shape index (κ2) is 6.97. The third-order valence-electron chi connectivity index (χ3n) is 3.64. The van der Waals surface area contributed by atoms with Crippen molar-refractivity contribution < 1.29 is 18.7 Å². The average molecular weight is 326 g/mol. The van der Waals surface area contributed by atoms with Gasteiger partial charge in [0, 0.05) is 19.6 Å². The molecule has 128 valence electrons. The van der Waals surface area contributed by atoms with Crippen molar-refractivity contribution in [1.82, 2.24) is 20.4 Å². The van der Waals surface area contributed by atoms with Crippen molar-refractivity contribution in [1.29, 1.82) is 0 Å². The number of hydrogen-bond donors (Lipinski definition) is 2. The number of aromatic nitrogens is 2. The lowest BCUT2D eigenvalue weighted by Gasteiger charge is -2.33. The van der Waals surface area contributed by atoms with E-state index in [1.54, 1.807) is 4.90 Å². The van der Waals surface area contributed by atoms with Crippen LogP contribution in [0, 0.1) is 11.7 Å². The molecule has 2 rings (SSSR count). The van der Waals surface area contributed by atoms with E-state index in [4.69, 9.17) is 4.74 Å². The normalized spacial score (nSPS) is 16.3. The number of rotatable bonds is 3. The third kappa shape index (κ3) is 4.94. The second-order valence-electron chi connectivity index (χ2n) is 6.71. The van der Waals surface area contributed by atoms with Gasteiger partial charge < -0.3 is 15.0 Å². The molecule has 0 atom stereocenters. The maximum absolute atomic E-state index is 13.2. The zero-order valence-electron chi connectivity index (χ0n) is 13.7. The van der Waals surface area contributed by atoms with Crippen LogP contribution >= 0.6 is 0 Å². The van der Waals surface area contributed by atoms with Crippen molar-refractivity contribution in [2.24, 2.45) is 5.92 Å². The van der Waals surface area contributed by atoms with Gasteiger partial charge in [0.05, 0.1) is 6.20 Å². The Balaban J connectivity index is 1.74. The molecule has 1 fully saturated rings. The van der Waals surface area contributed by atoms with E-state index in [1.807, 2.05) is 20.8 Å². The second-order valence-corrected chi connectivity index (χ2v) is 6.71. The minimum Gasteiger partial charge on any atom is -0.444 e. The standard InChI is InChI=1S/C15H23FN4O3/c1-15(2,3)23-14(22)20-6-4-10(5-7-20)8-17-13(21)12-11(16)9-18-19-12/h9-10H,4-8H2,1-3H3,(H,17,21)(H,18,19). The molecule has 0 bridgehead atoms. The van der Waals surface area contributed by atoms with Crippen LogP contribution in [-0.2, 0) is 4.74 Å². The molecular weight excluding hydrogens is 303 g/mol. The summed E-state index contributed by atoms with van der Waals surface area (Å²) in [6.45, 7) is 7.13. The van der Waals surface area contributed by atoms with Crippen molar-refractivity contribution in [2.75, 3.05) is 19.6 Å². The molecule has 2 N–H and O–H groups in total. The Morgan fingerprint density at radius 2 is 2.09 bits per heavy atom. The summed E-state index contributed by atoms with van der Waals surface area (Å²) in [5.41, 5.74) is -0.660. The smallest absolute Gasteiger partial charge is 0.410 e. The molecule has 0 spiro atoms. The van der Waals surface area contributed by atoms with Gasteiger partial charge in [-0.05, 0) is 39.5 Å². The number of nitrogens with zero attached hydrogens (tertiary/aromatic N) is 2. The molecule has 2 heterocycles. The first-order valence-electron chi connectivity index (χ1n) is 7.71. The minimum atomic E-state index is -0.665. The lowest BCUT2D eigenvalue weighted by molar-refractivity contribution is 0.0183. The fourth-order valence-electron chi connectivity index (χ4n) is 2.40. The highest BCUT2D eigenvalue weighted by atomic mass is 19.1. The minimum absolute atomic E-state index is 0.156. The first-order chi connectivity index (χ1) is 10.8. The predicted octanol–water partition coefficient (Wildman–Crippen LogP) is 1.93. The van der Waals surface area contributed by atoms with Crippen LogP contribution in [0.1, 0.15) is 44.1 Å². The molecule has 0 aromatic carbocycles. The molecule has 8 heteroatoms. The van der Waals surface area contributed by atoms with Crippen molar-refractivity contribution in [3.05, 3.63) is 17.7 Å². The number of ether oxygens (including phenoxy) is 1. The van der Waals surface area contributed by atoms with Gasteiger partial charge in [-0.3, -0.25) is 9.89 Å². The van der Waals surface area contributed by atoms with Gasteiger partial charge in [0.25, 0.3) is 5.91 Å². The molecule has 0 radical (unpaired) electrons. The zero-order valence-corrected chi connectivity index (χ0v) is 13.7. The Labute approximate surface area is 134 Å². The summed E-state index contributed by atoms with van der Waals surface area (Å²) < 4.78 is 18.6. The summed E-state index contributed by atoms with van der Waals surface area (Å²) in [7, 11) is 0. The first-order valence-corrected chi connectivity index (χ1v) is 7.71. The number of piperidine rings is 1. The van der Waals surface area contributed by atoms with Gasteiger partial charge in [0.15, 0.2) is 11.5 Å². The van der Waals surface area contributed by atoms with Crippen LogP contribution in [0.3, 0.4) is 0 Å². The zero-order chi connectivity index (χ0) is 17.0. The number of aromatic amines is 1. The van der Waals surface area contributed by atoms with Crippen LogP contribution in [0.4, 0.5) is 9.18 Å². The van der Waals surface area contributed by atoms with Gasteiger partial charge in [0.2, 0.25) is 0 Å². The molecule has 1 aromatic heterocycles. The first kappa shape index (κ1) is 17.2.